The van der Waals surface area contributed by atoms with Crippen molar-refractivity contribution in [3.63, 3.8) is 0 Å². The van der Waals surface area contributed by atoms with Crippen LogP contribution in [0.5, 0.6) is 0 Å². The predicted octanol–water partition coefficient (Wildman–Crippen LogP) is 18.3. The van der Waals surface area contributed by atoms with E-state index in [9.17, 15) is 15.6 Å². The van der Waals surface area contributed by atoms with Gasteiger partial charge in [-0.05, 0) is 58.6 Å². The largest absolute Gasteiger partial charge is 2.00 e. The second kappa shape index (κ2) is 33.7. The third-order valence-electron chi connectivity index (χ3n) is 25.9. The number of benzene rings is 13. The average Bonchev–Trinajstić information content (AvgIpc) is 1.57. The van der Waals surface area contributed by atoms with Crippen LogP contribution in [-0.4, -0.2) is 110 Å². The summed E-state index contributed by atoms with van der Waals surface area (Å²) in [6, 6.07) is 105. The molecular formula is C110H57N28O3Ti3+3. The normalized spacial score (nSPS) is 11.8. The molecule has 31 nitrogen and oxygen atoms in total. The molecule has 0 aliphatic carbocycles. The molecule has 0 spiro atoms. The molecule has 0 atom stereocenters. The Morgan fingerprint density at radius 2 is 0.306 bits per heavy atom. The monoisotopic (exact) mass is 1960 g/mol. The molecule has 13 aromatic carbocycles. The first-order valence-corrected chi connectivity index (χ1v) is 45.0. The van der Waals surface area contributed by atoms with Crippen molar-refractivity contribution >= 4 is 132 Å². The second-order valence-corrected chi connectivity index (χ2v) is 34.1. The van der Waals surface area contributed by atoms with E-state index < -0.39 is 0 Å². The van der Waals surface area contributed by atoms with Gasteiger partial charge in [0.25, 0.3) is 0 Å². The Morgan fingerprint density at radius 3 is 0.542 bits per heavy atom. The maximum Gasteiger partial charge on any atom is 2.00 e. The Labute approximate surface area is 854 Å². The van der Waals surface area contributed by atoms with Gasteiger partial charge < -0.3 is 95.4 Å². The minimum Gasteiger partial charge on any atom is -0.376 e. The van der Waals surface area contributed by atoms with Gasteiger partial charge in [-0.15, -0.1) is 9.46 Å². The first kappa shape index (κ1) is 86.0. The van der Waals surface area contributed by atoms with E-state index in [1.54, 1.807) is 0 Å². The van der Waals surface area contributed by atoms with E-state index in [2.05, 4.69) is 0 Å². The van der Waals surface area contributed by atoms with E-state index in [0.29, 0.717) is 180 Å². The predicted molar refractivity (Wildman–Crippen MR) is 527 cm³/mol. The van der Waals surface area contributed by atoms with Crippen molar-refractivity contribution in [3.8, 4) is 182 Å². The standard InChI is InChI=1S/C78H40N20O2.C32H17N8O.3Ti/c99-97-75-53-33-17-18-34-54(53)76(97)94-70-50-30-14-12-28-48(50)68(89-70)91-74-60-59(73(92-74)90-67-47-27-11-13-29-49(47)69(88-67)93-75)79-55(39-19-3-1-4-20-39)57(80-60)41-35-37-42(38-36-41)58-56(40-21-5-2-6-22-40)81-61-62(82-58)78-96-72-52-32-16-10-26-46(52)66(87-72)85-64-44-24-8-7-23-43(44)63(83-64)84-65-45-25-9-15-31-51(45)71(86-65)95-77(61)98(78)100;41-40-31-23-15-7-8-16-24(23)32(40)39-30-22-14-6-4-12-20(22)28(37-30)35-26-18-10-2-1-9-17(18)25(33-26)34-27-19-11-3-5-13-21(19)29(36-27)38-31;;;/h1-38,99-100H;1-16,41H;;;/q-2;-1;3*+2. The third-order valence-corrected chi connectivity index (χ3v) is 25.9. The summed E-state index contributed by atoms with van der Waals surface area (Å²) >= 11 is 0. The first-order valence-electron chi connectivity index (χ1n) is 45.0. The molecule has 3 N–H and O–H groups in total. The Bertz CT molecular complexity index is 10100. The van der Waals surface area contributed by atoms with Gasteiger partial charge >= 0.3 is 76.8 Å². The van der Waals surface area contributed by atoms with Crippen LogP contribution in [0.2, 0.25) is 0 Å². The van der Waals surface area contributed by atoms with Crippen molar-refractivity contribution in [2.45, 2.75) is 0 Å². The fourth-order valence-electron chi connectivity index (χ4n) is 19.3. The van der Waals surface area contributed by atoms with Gasteiger partial charge in [0.05, 0.1) is 46.1 Å². The van der Waals surface area contributed by atoms with Crippen LogP contribution in [0.1, 0.15) is 0 Å². The Hall–Kier alpha value is -18.4. The van der Waals surface area contributed by atoms with Crippen LogP contribution >= 0.6 is 0 Å². The molecule has 30 rings (SSSR count). The van der Waals surface area contributed by atoms with Gasteiger partial charge in [-0.2, -0.15) is 0 Å². The molecule has 17 heterocycles. The van der Waals surface area contributed by atoms with Crippen molar-refractivity contribution in [1.82, 2.24) is 125 Å². The summed E-state index contributed by atoms with van der Waals surface area (Å²) in [5.74, 6) is 3.49. The summed E-state index contributed by atoms with van der Waals surface area (Å²) in [4.78, 5) is 127. The number of fused-ring (bicyclic) bond motifs is 60. The summed E-state index contributed by atoms with van der Waals surface area (Å²) in [7, 11) is 0. The van der Waals surface area contributed by atoms with Crippen LogP contribution < -0.4 is 44.1 Å². The van der Waals surface area contributed by atoms with Gasteiger partial charge in [0.1, 0.15) is 23.0 Å². The van der Waals surface area contributed by atoms with Crippen molar-refractivity contribution in [2.24, 2.45) is 0 Å². The van der Waals surface area contributed by atoms with E-state index >= 15 is 0 Å². The number of hydrogen-bond acceptors (Lipinski definition) is 22. The minimum absolute atomic E-state index is 0. The van der Waals surface area contributed by atoms with Crippen molar-refractivity contribution < 1.29 is 95.0 Å². The summed E-state index contributed by atoms with van der Waals surface area (Å²) in [6.45, 7) is 0. The summed E-state index contributed by atoms with van der Waals surface area (Å²) in [6.07, 6.45) is 0. The molecule has 6 aliphatic rings. The molecule has 24 bridgehead atoms. The van der Waals surface area contributed by atoms with E-state index in [1.165, 1.54) is 0 Å². The summed E-state index contributed by atoms with van der Waals surface area (Å²) in [5, 5.41) is 45.2. The average molecular weight is 1960 g/mol. The zero-order valence-corrected chi connectivity index (χ0v) is 79.2. The second-order valence-electron chi connectivity index (χ2n) is 34.1. The summed E-state index contributed by atoms with van der Waals surface area (Å²) < 4.78 is 2.91. The Balaban J connectivity index is 0.000000200. The van der Waals surface area contributed by atoms with Crippen LogP contribution in [0.3, 0.4) is 0 Å². The third kappa shape index (κ3) is 13.6. The zero-order valence-electron chi connectivity index (χ0n) is 74.5. The maximum absolute atomic E-state index is 12.8. The van der Waals surface area contributed by atoms with Gasteiger partial charge in [-0.3, -0.25) is 0 Å². The molecule has 0 saturated carbocycles. The SMILES string of the molecule is O[n+]1c2nc3[n-]c(nc4nc(nc5[n-]c(nc1-c1ccccc1-2)c1ccccc51)-c1ccccc1-4)c1ccccc31.O[n+]1c2nc3[n-]c(nc4nc(nc5[n-]c(nc1-c1ccccc1-2)c1ccccc51)-c1nc(-c2ccc(-c5nc6c(nc5-c5ccccc5)-c5nc7[n-]c(nc8nc(nc9[n-]c(nc-6[n+]5O)c5ccccc95)-c5ccccc5-8)c5ccccc75)cc2)c(-c2ccccc2)nc1-4)c1ccccc31.[Ti+2].[Ti+2].[Ti+2]. The molecule has 0 saturated heterocycles. The molecule has 0 fully saturated rings. The van der Waals surface area contributed by atoms with E-state index in [4.69, 9.17) is 125 Å². The molecule has 0 radical (unpaired) electrons. The van der Waals surface area contributed by atoms with Crippen LogP contribution in [0, 0.1) is 0 Å². The fourth-order valence-corrected chi connectivity index (χ4v) is 19.3. The molecule has 0 amide bonds. The van der Waals surface area contributed by atoms with Crippen LogP contribution in [0.4, 0.5) is 0 Å². The number of nitrogens with zero attached hydrogens (tertiary/aromatic N) is 28. The van der Waals surface area contributed by atoms with Gasteiger partial charge in [0, 0.05) is 134 Å². The van der Waals surface area contributed by atoms with Crippen molar-refractivity contribution in [2.75, 3.05) is 0 Å². The topological polar surface area (TPSA) is 402 Å². The quantitative estimate of drug-likeness (QED) is 0.0837. The molecule has 34 heteroatoms. The summed E-state index contributed by atoms with van der Waals surface area (Å²) in [5.41, 5.74) is 16.7. The number of aromatic nitrogens is 28. The molecule has 0 unspecified atom stereocenters. The van der Waals surface area contributed by atoms with E-state index in [-0.39, 0.29) is 123 Å². The van der Waals surface area contributed by atoms with Crippen LogP contribution in [0.15, 0.2) is 328 Å². The molecule has 11 aromatic heterocycles. The Morgan fingerprint density at radius 1 is 0.139 bits per heavy atom. The fraction of sp³-hybridized carbons (Fsp3) is 0. The smallest absolute Gasteiger partial charge is 0.376 e. The van der Waals surface area contributed by atoms with Crippen molar-refractivity contribution in [1.29, 1.82) is 0 Å². The molecule has 24 aromatic rings. The molecule has 6 aliphatic heterocycles. The number of hydrogen-bond donors (Lipinski definition) is 3. The molecule has 664 valence electrons. The molecule has 144 heavy (non-hydrogen) atoms. The number of rotatable bonds is 4. The van der Waals surface area contributed by atoms with Gasteiger partial charge in [0.15, 0.2) is 46.0 Å². The van der Waals surface area contributed by atoms with Gasteiger partial charge in [-0.25, -0.2) is 34.9 Å². The van der Waals surface area contributed by atoms with E-state index in [0.717, 1.165) is 91.0 Å². The first-order chi connectivity index (χ1) is 69.6. The zero-order chi connectivity index (χ0) is 92.9. The van der Waals surface area contributed by atoms with Gasteiger partial charge in [0.2, 0.25) is 0 Å². The van der Waals surface area contributed by atoms with Gasteiger partial charge in [-0.1, -0.05) is 338 Å². The van der Waals surface area contributed by atoms with Crippen LogP contribution in [0.25, 0.3) is 315 Å². The maximum atomic E-state index is 12.8. The van der Waals surface area contributed by atoms with Crippen molar-refractivity contribution in [3.05, 3.63) is 328 Å². The Kier molecular flexibility index (Phi) is 20.2. The van der Waals surface area contributed by atoms with Crippen LogP contribution in [-0.2, 0) is 65.2 Å². The van der Waals surface area contributed by atoms with E-state index in [1.807, 2.05) is 328 Å². The molecular weight excluding hydrogens is 1910 g/mol. The minimum atomic E-state index is 0.